The summed E-state index contributed by atoms with van der Waals surface area (Å²) in [7, 11) is 0. The van der Waals surface area contributed by atoms with Crippen LogP contribution in [-0.4, -0.2) is 12.1 Å². The van der Waals surface area contributed by atoms with Crippen molar-refractivity contribution < 1.29 is 0 Å². The summed E-state index contributed by atoms with van der Waals surface area (Å²) in [5.74, 6) is 0.646. The maximum absolute atomic E-state index is 5.64. The molecule has 60 valence electrons. The van der Waals surface area contributed by atoms with Gasteiger partial charge in [-0.3, -0.25) is 0 Å². The van der Waals surface area contributed by atoms with E-state index in [0.29, 0.717) is 5.84 Å². The van der Waals surface area contributed by atoms with E-state index in [1.165, 1.54) is 0 Å². The average molecular weight is 159 g/mol. The fourth-order valence-corrected chi connectivity index (χ4v) is 1.22. The molecule has 1 aromatic carbocycles. The Morgan fingerprint density at radius 1 is 1.17 bits per heavy atom. The SMILES string of the molecule is NC1=NN=CC1c1ccccc1. The minimum Gasteiger partial charge on any atom is -0.385 e. The van der Waals surface area contributed by atoms with E-state index in [4.69, 9.17) is 5.73 Å². The van der Waals surface area contributed by atoms with Gasteiger partial charge in [0.25, 0.3) is 0 Å². The number of benzene rings is 1. The molecule has 1 aliphatic rings. The van der Waals surface area contributed by atoms with Gasteiger partial charge in [0.1, 0.15) is 5.84 Å². The minimum atomic E-state index is 0.0752. The quantitative estimate of drug-likeness (QED) is 0.656. The van der Waals surface area contributed by atoms with Crippen molar-refractivity contribution in [2.24, 2.45) is 15.9 Å². The van der Waals surface area contributed by atoms with Crippen molar-refractivity contribution in [3.63, 3.8) is 0 Å². The molecular formula is C9H9N3. The summed E-state index contributed by atoms with van der Waals surface area (Å²) in [5.41, 5.74) is 6.77. The highest BCUT2D eigenvalue weighted by Crippen LogP contribution is 2.16. The zero-order valence-corrected chi connectivity index (χ0v) is 6.51. The monoisotopic (exact) mass is 159 g/mol. The largest absolute Gasteiger partial charge is 0.385 e. The van der Waals surface area contributed by atoms with Gasteiger partial charge in [0, 0.05) is 6.21 Å². The molecule has 1 unspecified atom stereocenters. The molecule has 0 aliphatic carbocycles. The smallest absolute Gasteiger partial charge is 0.135 e. The third kappa shape index (κ3) is 1.09. The molecule has 0 radical (unpaired) electrons. The summed E-state index contributed by atoms with van der Waals surface area (Å²) >= 11 is 0. The zero-order chi connectivity index (χ0) is 8.39. The molecule has 0 aromatic heterocycles. The molecule has 1 atom stereocenters. The maximum atomic E-state index is 5.64. The fraction of sp³-hybridized carbons (Fsp3) is 0.111. The van der Waals surface area contributed by atoms with Gasteiger partial charge in [0.2, 0.25) is 0 Å². The lowest BCUT2D eigenvalue weighted by Crippen LogP contribution is -2.19. The van der Waals surface area contributed by atoms with Gasteiger partial charge >= 0.3 is 0 Å². The van der Waals surface area contributed by atoms with Crippen LogP contribution >= 0.6 is 0 Å². The predicted molar refractivity (Wildman–Crippen MR) is 49.3 cm³/mol. The third-order valence-corrected chi connectivity index (χ3v) is 1.87. The summed E-state index contributed by atoms with van der Waals surface area (Å²) in [6.07, 6.45) is 1.75. The molecule has 1 heterocycles. The molecule has 12 heavy (non-hydrogen) atoms. The lowest BCUT2D eigenvalue weighted by molar-refractivity contribution is 1.22. The second-order valence-corrected chi connectivity index (χ2v) is 2.68. The molecule has 0 saturated heterocycles. The Morgan fingerprint density at radius 3 is 2.50 bits per heavy atom. The lowest BCUT2D eigenvalue weighted by atomic mass is 10.0. The standard InChI is InChI=1S/C9H9N3/c10-9-8(6-11-12-9)7-4-2-1-3-5-7/h1-6,8H,(H2,10,12). The highest BCUT2D eigenvalue weighted by molar-refractivity contribution is 6.04. The molecule has 0 spiro atoms. The van der Waals surface area contributed by atoms with Crippen LogP contribution in [0.4, 0.5) is 0 Å². The van der Waals surface area contributed by atoms with Crippen molar-refractivity contribution in [2.45, 2.75) is 5.92 Å². The van der Waals surface area contributed by atoms with Crippen LogP contribution in [0, 0.1) is 0 Å². The minimum absolute atomic E-state index is 0.0752. The zero-order valence-electron chi connectivity index (χ0n) is 6.51. The van der Waals surface area contributed by atoms with Gasteiger partial charge in [-0.05, 0) is 5.56 Å². The number of amidine groups is 1. The molecule has 0 saturated carbocycles. The maximum Gasteiger partial charge on any atom is 0.135 e. The van der Waals surface area contributed by atoms with Crippen molar-refractivity contribution in [3.8, 4) is 0 Å². The van der Waals surface area contributed by atoms with E-state index in [9.17, 15) is 0 Å². The van der Waals surface area contributed by atoms with Crippen molar-refractivity contribution in [1.29, 1.82) is 0 Å². The molecule has 1 aliphatic heterocycles. The Labute approximate surface area is 70.6 Å². The van der Waals surface area contributed by atoms with Crippen LogP contribution in [-0.2, 0) is 0 Å². The molecule has 1 aromatic rings. The van der Waals surface area contributed by atoms with Crippen LogP contribution in [0.2, 0.25) is 0 Å². The van der Waals surface area contributed by atoms with Gasteiger partial charge in [0.15, 0.2) is 0 Å². The Hall–Kier alpha value is -1.64. The summed E-state index contributed by atoms with van der Waals surface area (Å²) in [6, 6.07) is 9.97. The Balaban J connectivity index is 2.33. The van der Waals surface area contributed by atoms with Gasteiger partial charge in [0.05, 0.1) is 5.92 Å². The Kier molecular flexibility index (Phi) is 1.63. The van der Waals surface area contributed by atoms with Crippen LogP contribution in [0.25, 0.3) is 0 Å². The first kappa shape index (κ1) is 7.03. The normalized spacial score (nSPS) is 21.0. The van der Waals surface area contributed by atoms with Crippen LogP contribution < -0.4 is 5.73 Å². The predicted octanol–water partition coefficient (Wildman–Crippen LogP) is 1.13. The summed E-state index contributed by atoms with van der Waals surface area (Å²) in [6.45, 7) is 0. The summed E-state index contributed by atoms with van der Waals surface area (Å²) < 4.78 is 0. The van der Waals surface area contributed by atoms with Crippen molar-refractivity contribution >= 4 is 12.1 Å². The van der Waals surface area contributed by atoms with E-state index in [-0.39, 0.29) is 5.92 Å². The third-order valence-electron chi connectivity index (χ3n) is 1.87. The van der Waals surface area contributed by atoms with Gasteiger partial charge in [-0.15, -0.1) is 5.10 Å². The molecular weight excluding hydrogens is 150 g/mol. The molecule has 0 amide bonds. The van der Waals surface area contributed by atoms with E-state index in [1.54, 1.807) is 6.21 Å². The van der Waals surface area contributed by atoms with E-state index in [2.05, 4.69) is 10.2 Å². The lowest BCUT2D eigenvalue weighted by Gasteiger charge is -2.05. The van der Waals surface area contributed by atoms with Crippen molar-refractivity contribution in [2.75, 3.05) is 0 Å². The molecule has 3 nitrogen and oxygen atoms in total. The summed E-state index contributed by atoms with van der Waals surface area (Å²) in [4.78, 5) is 0. The molecule has 3 heteroatoms. The second kappa shape index (κ2) is 2.77. The van der Waals surface area contributed by atoms with E-state index in [0.717, 1.165) is 5.56 Å². The first-order chi connectivity index (χ1) is 5.88. The number of nitrogens with zero attached hydrogens (tertiary/aromatic N) is 2. The molecule has 2 N–H and O–H groups in total. The first-order valence-electron chi connectivity index (χ1n) is 3.79. The van der Waals surface area contributed by atoms with E-state index >= 15 is 0 Å². The number of hydrogen-bond donors (Lipinski definition) is 1. The van der Waals surface area contributed by atoms with Crippen LogP contribution in [0.3, 0.4) is 0 Å². The number of hydrogen-bond acceptors (Lipinski definition) is 3. The Bertz CT molecular complexity index is 327. The van der Waals surface area contributed by atoms with Crippen molar-refractivity contribution in [1.82, 2.24) is 0 Å². The van der Waals surface area contributed by atoms with E-state index < -0.39 is 0 Å². The highest BCUT2D eigenvalue weighted by atomic mass is 15.2. The molecule has 0 fully saturated rings. The first-order valence-corrected chi connectivity index (χ1v) is 3.79. The van der Waals surface area contributed by atoms with Crippen LogP contribution in [0.1, 0.15) is 11.5 Å². The fourth-order valence-electron chi connectivity index (χ4n) is 1.22. The Morgan fingerprint density at radius 2 is 1.92 bits per heavy atom. The van der Waals surface area contributed by atoms with Crippen LogP contribution in [0.5, 0.6) is 0 Å². The molecule has 0 bridgehead atoms. The summed E-state index contributed by atoms with van der Waals surface area (Å²) in [5, 5.41) is 7.52. The second-order valence-electron chi connectivity index (χ2n) is 2.68. The van der Waals surface area contributed by atoms with Gasteiger partial charge in [-0.25, -0.2) is 0 Å². The van der Waals surface area contributed by atoms with Crippen LogP contribution in [0.15, 0.2) is 40.5 Å². The van der Waals surface area contributed by atoms with E-state index in [1.807, 2.05) is 30.3 Å². The van der Waals surface area contributed by atoms with Gasteiger partial charge in [-0.2, -0.15) is 5.10 Å². The van der Waals surface area contributed by atoms with Crippen molar-refractivity contribution in [3.05, 3.63) is 35.9 Å². The number of nitrogens with two attached hydrogens (primary N) is 1. The number of rotatable bonds is 1. The highest BCUT2D eigenvalue weighted by Gasteiger charge is 2.16. The topological polar surface area (TPSA) is 50.7 Å². The molecule has 2 rings (SSSR count). The van der Waals surface area contributed by atoms with Gasteiger partial charge < -0.3 is 5.73 Å². The van der Waals surface area contributed by atoms with Gasteiger partial charge in [-0.1, -0.05) is 30.3 Å². The average Bonchev–Trinajstić information content (AvgIpc) is 2.53.